The van der Waals surface area contributed by atoms with Crippen molar-refractivity contribution in [2.24, 2.45) is 17.8 Å². The lowest BCUT2D eigenvalue weighted by Gasteiger charge is -2.47. The summed E-state index contributed by atoms with van der Waals surface area (Å²) in [6, 6.07) is 10.7. The molecule has 0 aliphatic carbocycles. The van der Waals surface area contributed by atoms with Gasteiger partial charge in [-0.1, -0.05) is 64.3 Å². The van der Waals surface area contributed by atoms with Crippen LogP contribution in [0.2, 0.25) is 0 Å². The summed E-state index contributed by atoms with van der Waals surface area (Å²) < 4.78 is 71.4. The van der Waals surface area contributed by atoms with Crippen molar-refractivity contribution in [1.29, 1.82) is 0 Å². The van der Waals surface area contributed by atoms with Crippen molar-refractivity contribution >= 4 is 17.9 Å². The number of hydrogen-bond acceptors (Lipinski definition) is 10. The van der Waals surface area contributed by atoms with Gasteiger partial charge in [0, 0.05) is 28.7 Å². The Morgan fingerprint density at radius 1 is 0.845 bits per heavy atom. The Morgan fingerprint density at radius 2 is 1.62 bits per heavy atom. The van der Waals surface area contributed by atoms with Gasteiger partial charge in [0.05, 0.1) is 67.2 Å². The number of rotatable bonds is 16. The highest BCUT2D eigenvalue weighted by Crippen LogP contribution is 2.54. The summed E-state index contributed by atoms with van der Waals surface area (Å²) in [5.74, 6) is 0.272. The van der Waals surface area contributed by atoms with Crippen LogP contribution >= 0.6 is 17.9 Å². The van der Waals surface area contributed by atoms with Crippen LogP contribution in [0.1, 0.15) is 103 Å². The molecule has 10 rings (SSSR count). The van der Waals surface area contributed by atoms with Crippen LogP contribution in [-0.2, 0) is 53.4 Å². The van der Waals surface area contributed by atoms with E-state index in [9.17, 15) is 4.57 Å². The van der Waals surface area contributed by atoms with Crippen molar-refractivity contribution in [2.45, 2.75) is 201 Å². The quantitative estimate of drug-likeness (QED) is 0.119. The molecule has 58 heavy (non-hydrogen) atoms. The predicted octanol–water partition coefficient (Wildman–Crippen LogP) is 8.50. The first-order chi connectivity index (χ1) is 28.1. The SMILES string of the molecule is C=C1CC(CC[C@@]23C[C@H]4O[C@H]5[C@@H](O2)[C@H]2O[C@@H](CC)CC[C@@H]2O[C@H]5[C@H]4O3)O[C@H]1CCC1C[C@@H](C)C(=C)[C@@H](CC2O[C@H](C[C@@H](COP)P=O)[C@H](C)[C@H]2Cc2ccccc2)O1. The van der Waals surface area contributed by atoms with Gasteiger partial charge in [0.25, 0.3) is 0 Å². The van der Waals surface area contributed by atoms with Gasteiger partial charge in [-0.3, -0.25) is 4.57 Å². The van der Waals surface area contributed by atoms with E-state index in [-0.39, 0.29) is 99.6 Å². The second-order valence-electron chi connectivity index (χ2n) is 18.9. The summed E-state index contributed by atoms with van der Waals surface area (Å²) in [7, 11) is 2.38. The number of hydrogen-bond donors (Lipinski definition) is 0. The van der Waals surface area contributed by atoms with Crippen LogP contribution in [0.5, 0.6) is 0 Å². The molecule has 10 nitrogen and oxygen atoms in total. The van der Waals surface area contributed by atoms with Crippen LogP contribution < -0.4 is 0 Å². The first kappa shape index (κ1) is 42.2. The largest absolute Gasteiger partial charge is 0.374 e. The average molecular weight is 841 g/mol. The van der Waals surface area contributed by atoms with E-state index in [1.807, 2.05) is 0 Å². The maximum absolute atomic E-state index is 12.0. The van der Waals surface area contributed by atoms with Gasteiger partial charge >= 0.3 is 0 Å². The van der Waals surface area contributed by atoms with E-state index >= 15 is 0 Å². The van der Waals surface area contributed by atoms with Crippen LogP contribution in [0, 0.1) is 17.8 Å². The zero-order valence-corrected chi connectivity index (χ0v) is 36.7. The molecule has 0 spiro atoms. The first-order valence-corrected chi connectivity index (χ1v) is 23.8. The summed E-state index contributed by atoms with van der Waals surface area (Å²) >= 11 is 0. The summed E-state index contributed by atoms with van der Waals surface area (Å²) in [5, 5.41) is 0. The second kappa shape index (κ2) is 17.9. The smallest absolute Gasteiger partial charge is 0.172 e. The van der Waals surface area contributed by atoms with E-state index in [2.05, 4.69) is 73.7 Å². The van der Waals surface area contributed by atoms with Crippen molar-refractivity contribution in [3.05, 3.63) is 60.2 Å². The Labute approximate surface area is 349 Å². The van der Waals surface area contributed by atoms with E-state index in [1.165, 1.54) is 11.1 Å². The Hall–Kier alpha value is -1.13. The van der Waals surface area contributed by atoms with E-state index in [1.54, 1.807) is 0 Å². The molecule has 320 valence electrons. The maximum Gasteiger partial charge on any atom is 0.172 e. The molecule has 20 atom stereocenters. The Bertz CT molecular complexity index is 1620. The summed E-state index contributed by atoms with van der Waals surface area (Å²) in [6.07, 6.45) is 11.2. The molecule has 9 saturated heterocycles. The van der Waals surface area contributed by atoms with E-state index in [0.29, 0.717) is 30.8 Å². The molecule has 0 aromatic heterocycles. The van der Waals surface area contributed by atoms with Gasteiger partial charge in [0.15, 0.2) is 14.2 Å². The lowest BCUT2D eigenvalue weighted by molar-refractivity contribution is -0.292. The number of fused-ring (bicyclic) bond motifs is 1. The summed E-state index contributed by atoms with van der Waals surface area (Å²) in [6.45, 7) is 16.2. The summed E-state index contributed by atoms with van der Waals surface area (Å²) in [4.78, 5) is 0. The Kier molecular flexibility index (Phi) is 13.0. The lowest BCUT2D eigenvalue weighted by Crippen LogP contribution is -2.61. The topological polar surface area (TPSA) is 100 Å². The van der Waals surface area contributed by atoms with Gasteiger partial charge in [-0.25, -0.2) is 0 Å². The number of ether oxygens (including phenoxy) is 8. The fourth-order valence-electron chi connectivity index (χ4n) is 11.9. The maximum atomic E-state index is 12.0. The molecular formula is C46H66O10P2. The minimum absolute atomic E-state index is 0.00274. The molecule has 9 aliphatic heterocycles. The second-order valence-corrected chi connectivity index (χ2v) is 20.2. The van der Waals surface area contributed by atoms with Crippen LogP contribution in [0.4, 0.5) is 0 Å². The molecule has 0 N–H and O–H groups in total. The zero-order chi connectivity index (χ0) is 40.1. The highest BCUT2D eigenvalue weighted by molar-refractivity contribution is 7.24. The van der Waals surface area contributed by atoms with Gasteiger partial charge in [-0.15, -0.1) is 0 Å². The van der Waals surface area contributed by atoms with Crippen LogP contribution in [-0.4, -0.2) is 104 Å². The fourth-order valence-corrected chi connectivity index (χ4v) is 12.7. The van der Waals surface area contributed by atoms with Crippen LogP contribution in [0.25, 0.3) is 0 Å². The molecule has 12 heteroatoms. The minimum Gasteiger partial charge on any atom is -0.374 e. The molecule has 0 radical (unpaired) electrons. The molecule has 0 saturated carbocycles. The standard InChI is InChI=1S/C46H66O10P2/c1-6-30-12-15-36-41(51-30)45-44-43(53-36)42-40(54-44)23-46(55-42,56-45)17-16-32-19-26(3)35(49-32)14-13-31-18-25(2)27(4)38(50-31)22-39-34(20-29-10-8-7-9-11-29)28(5)37(52-39)21-33(58-47)24-48-57/h7-11,25,28,30-45H,3-4,6,12-24,57H2,1-2,5H3/t25-,28-,30+,31?,32?,33+,34-,35+,36+,37-,38-,39?,40-,41+,42+,43+,44-,45+,46+/m1/s1. The molecular weight excluding hydrogens is 774 g/mol. The third-order valence-electron chi connectivity index (χ3n) is 15.2. The van der Waals surface area contributed by atoms with Gasteiger partial charge in [-0.2, -0.15) is 0 Å². The average Bonchev–Trinajstić information content (AvgIpc) is 3.90. The summed E-state index contributed by atoms with van der Waals surface area (Å²) in [5.41, 5.74) is 3.54. The molecule has 4 unspecified atom stereocenters. The molecule has 9 fully saturated rings. The predicted molar refractivity (Wildman–Crippen MR) is 223 cm³/mol. The van der Waals surface area contributed by atoms with Gasteiger partial charge in [0.1, 0.15) is 30.5 Å². The molecule has 6 bridgehead atoms. The van der Waals surface area contributed by atoms with E-state index < -0.39 is 5.79 Å². The third-order valence-corrected chi connectivity index (χ3v) is 16.0. The first-order valence-electron chi connectivity index (χ1n) is 22.5. The molecule has 9 heterocycles. The lowest BCUT2D eigenvalue weighted by atomic mass is 9.79. The van der Waals surface area contributed by atoms with Crippen molar-refractivity contribution in [3.63, 3.8) is 0 Å². The minimum atomic E-state index is -0.696. The van der Waals surface area contributed by atoms with Gasteiger partial charge in [0.2, 0.25) is 0 Å². The van der Waals surface area contributed by atoms with Crippen LogP contribution in [0.3, 0.4) is 0 Å². The number of benzene rings is 1. The normalized spacial score (nSPS) is 46.2. The van der Waals surface area contributed by atoms with Crippen molar-refractivity contribution in [1.82, 2.24) is 0 Å². The van der Waals surface area contributed by atoms with Crippen molar-refractivity contribution in [2.75, 3.05) is 6.61 Å². The van der Waals surface area contributed by atoms with E-state index in [0.717, 1.165) is 82.6 Å². The molecule has 9 aliphatic rings. The van der Waals surface area contributed by atoms with E-state index in [4.69, 9.17) is 42.4 Å². The zero-order valence-electron chi connectivity index (χ0n) is 34.7. The molecule has 1 aromatic rings. The monoisotopic (exact) mass is 840 g/mol. The molecule has 0 amide bonds. The van der Waals surface area contributed by atoms with Gasteiger partial charge in [-0.05, 0) is 98.7 Å². The Morgan fingerprint density at radius 3 is 2.41 bits per heavy atom. The van der Waals surface area contributed by atoms with Crippen LogP contribution in [0.15, 0.2) is 54.6 Å². The fraction of sp³-hybridized carbons (Fsp3) is 0.783. The van der Waals surface area contributed by atoms with Gasteiger partial charge < -0.3 is 42.4 Å². The Balaban J connectivity index is 0.796. The highest BCUT2D eigenvalue weighted by atomic mass is 31.1. The third kappa shape index (κ3) is 8.50. The molecule has 1 aromatic carbocycles. The van der Waals surface area contributed by atoms with Crippen molar-refractivity contribution < 1.29 is 47.0 Å². The highest BCUT2D eigenvalue weighted by Gasteiger charge is 2.68. The van der Waals surface area contributed by atoms with Crippen molar-refractivity contribution in [3.8, 4) is 0 Å².